The van der Waals surface area contributed by atoms with E-state index >= 15 is 0 Å². The number of benzene rings is 2. The summed E-state index contributed by atoms with van der Waals surface area (Å²) >= 11 is 0. The molecule has 1 aliphatic heterocycles. The number of piperidine rings is 1. The molecule has 2 aliphatic rings. The van der Waals surface area contributed by atoms with Crippen molar-refractivity contribution in [3.8, 4) is 11.1 Å². The second-order valence-electron chi connectivity index (χ2n) is 11.2. The van der Waals surface area contributed by atoms with Crippen molar-refractivity contribution in [2.45, 2.75) is 64.2 Å². The number of amides is 2. The van der Waals surface area contributed by atoms with Gasteiger partial charge in [0.2, 0.25) is 6.41 Å². The number of allylic oxidation sites excluding steroid dienone is 1. The van der Waals surface area contributed by atoms with E-state index in [1.807, 2.05) is 71.0 Å². The quantitative estimate of drug-likeness (QED) is 0.202. The third-order valence-corrected chi connectivity index (χ3v) is 8.59. The number of nitrogens with two attached hydrogens (primary N) is 1. The number of nitrogens with zero attached hydrogens (tertiary/aromatic N) is 5. The van der Waals surface area contributed by atoms with Crippen molar-refractivity contribution in [3.05, 3.63) is 84.0 Å². The number of nitrogen functional groups attached to an aromatic ring is 1. The van der Waals surface area contributed by atoms with Crippen LogP contribution in [0.25, 0.3) is 16.6 Å². The van der Waals surface area contributed by atoms with E-state index in [1.165, 1.54) is 31.3 Å². The van der Waals surface area contributed by atoms with Gasteiger partial charge in [0.15, 0.2) is 5.82 Å². The van der Waals surface area contributed by atoms with E-state index in [2.05, 4.69) is 21.5 Å². The largest absolute Gasteiger partial charge is 0.382 e. The van der Waals surface area contributed by atoms with E-state index in [9.17, 15) is 9.59 Å². The highest BCUT2D eigenvalue weighted by atomic mass is 16.2. The maximum atomic E-state index is 13.4. The van der Waals surface area contributed by atoms with Gasteiger partial charge in [0.1, 0.15) is 11.8 Å². The van der Waals surface area contributed by atoms with Gasteiger partial charge in [0.05, 0.1) is 5.69 Å². The molecule has 0 bridgehead atoms. The molecule has 9 heteroatoms. The van der Waals surface area contributed by atoms with Gasteiger partial charge in [0.25, 0.3) is 5.91 Å². The molecule has 0 unspecified atom stereocenters. The molecular formula is C33H37N7O2. The van der Waals surface area contributed by atoms with Crippen LogP contribution in [-0.4, -0.2) is 38.5 Å². The minimum absolute atomic E-state index is 0.185. The maximum absolute atomic E-state index is 13.4. The molecule has 1 saturated heterocycles. The van der Waals surface area contributed by atoms with Crippen molar-refractivity contribution in [3.63, 3.8) is 0 Å². The summed E-state index contributed by atoms with van der Waals surface area (Å²) in [7, 11) is 0. The molecule has 3 N–H and O–H groups in total. The minimum atomic E-state index is -0.185. The smallest absolute Gasteiger partial charge is 0.253 e. The lowest BCUT2D eigenvalue weighted by molar-refractivity contribution is -0.113. The SMILES string of the molecule is C/C(C(=O)Nc1ccc(-c2cc(C3CCCCC3)n3ncnc(N)c23)cc1)=C1/CCCCN1N(C=O)c1ccccc1. The molecular weight excluding hydrogens is 526 g/mol. The lowest BCUT2D eigenvalue weighted by atomic mass is 9.87. The lowest BCUT2D eigenvalue weighted by Crippen LogP contribution is -2.44. The molecule has 0 atom stereocenters. The molecule has 3 heterocycles. The number of hydrazine groups is 1. The van der Waals surface area contributed by atoms with Gasteiger partial charge in [-0.3, -0.25) is 14.6 Å². The number of hydrogen-bond donors (Lipinski definition) is 2. The molecule has 0 radical (unpaired) electrons. The zero-order valence-corrected chi connectivity index (χ0v) is 24.0. The summed E-state index contributed by atoms with van der Waals surface area (Å²) in [6.07, 6.45) is 11.0. The topological polar surface area (TPSA) is 109 Å². The Bertz CT molecular complexity index is 1600. The highest BCUT2D eigenvalue weighted by molar-refractivity contribution is 6.04. The molecule has 1 saturated carbocycles. The molecule has 4 aromatic rings. The van der Waals surface area contributed by atoms with Gasteiger partial charge < -0.3 is 11.1 Å². The van der Waals surface area contributed by atoms with Crippen molar-refractivity contribution >= 4 is 35.0 Å². The number of carbonyl (C=O) groups excluding carboxylic acids is 2. The van der Waals surface area contributed by atoms with Crippen LogP contribution in [0.2, 0.25) is 0 Å². The number of aromatic nitrogens is 3. The summed E-state index contributed by atoms with van der Waals surface area (Å²) in [4.78, 5) is 29.8. The fourth-order valence-electron chi connectivity index (χ4n) is 6.37. The van der Waals surface area contributed by atoms with Crippen LogP contribution in [0.1, 0.15) is 69.9 Å². The van der Waals surface area contributed by atoms with E-state index in [0.29, 0.717) is 29.5 Å². The second-order valence-corrected chi connectivity index (χ2v) is 11.2. The maximum Gasteiger partial charge on any atom is 0.253 e. The Morgan fingerprint density at radius 2 is 1.79 bits per heavy atom. The Labute approximate surface area is 246 Å². The molecule has 9 nitrogen and oxygen atoms in total. The summed E-state index contributed by atoms with van der Waals surface area (Å²) in [5.41, 5.74) is 13.3. The van der Waals surface area contributed by atoms with Crippen molar-refractivity contribution < 1.29 is 9.59 Å². The molecule has 2 amide bonds. The summed E-state index contributed by atoms with van der Waals surface area (Å²) in [5, 5.41) is 11.1. The Kier molecular flexibility index (Phi) is 7.90. The van der Waals surface area contributed by atoms with Gasteiger partial charge in [-0.15, -0.1) is 0 Å². The molecule has 1 aliphatic carbocycles. The first kappa shape index (κ1) is 27.5. The molecule has 2 aromatic heterocycles. The first-order valence-corrected chi connectivity index (χ1v) is 14.9. The van der Waals surface area contributed by atoms with Gasteiger partial charge in [-0.1, -0.05) is 49.6 Å². The fourth-order valence-corrected chi connectivity index (χ4v) is 6.37. The van der Waals surface area contributed by atoms with Crippen LogP contribution in [0, 0.1) is 0 Å². The predicted octanol–water partition coefficient (Wildman–Crippen LogP) is 6.30. The van der Waals surface area contributed by atoms with Crippen molar-refractivity contribution in [2.24, 2.45) is 0 Å². The molecule has 6 rings (SSSR count). The zero-order chi connectivity index (χ0) is 29.1. The highest BCUT2D eigenvalue weighted by Gasteiger charge is 2.26. The summed E-state index contributed by atoms with van der Waals surface area (Å²) < 4.78 is 1.97. The third kappa shape index (κ3) is 5.34. The minimum Gasteiger partial charge on any atom is -0.382 e. The number of anilines is 3. The number of para-hydroxylation sites is 1. The summed E-state index contributed by atoms with van der Waals surface area (Å²) in [6, 6.07) is 19.5. The van der Waals surface area contributed by atoms with Crippen LogP contribution in [0.5, 0.6) is 0 Å². The van der Waals surface area contributed by atoms with Gasteiger partial charge in [-0.2, -0.15) is 5.10 Å². The van der Waals surface area contributed by atoms with Crippen LogP contribution >= 0.6 is 0 Å². The van der Waals surface area contributed by atoms with Crippen LogP contribution in [0.15, 0.2) is 78.3 Å². The van der Waals surface area contributed by atoms with Crippen LogP contribution < -0.4 is 16.1 Å². The number of rotatable bonds is 7. The van der Waals surface area contributed by atoms with E-state index in [1.54, 1.807) is 5.01 Å². The average molecular weight is 564 g/mol. The Hall–Kier alpha value is -4.66. The number of carbonyl (C=O) groups is 2. The lowest BCUT2D eigenvalue weighted by Gasteiger charge is -2.39. The first-order chi connectivity index (χ1) is 20.5. The van der Waals surface area contributed by atoms with Gasteiger partial charge in [-0.25, -0.2) is 14.5 Å². The number of fused-ring (bicyclic) bond motifs is 1. The van der Waals surface area contributed by atoms with E-state index in [4.69, 9.17) is 5.73 Å². The number of hydrogen-bond acceptors (Lipinski definition) is 6. The van der Waals surface area contributed by atoms with Crippen molar-refractivity contribution in [1.29, 1.82) is 0 Å². The monoisotopic (exact) mass is 563 g/mol. The van der Waals surface area contributed by atoms with Gasteiger partial charge in [-0.05, 0) is 74.9 Å². The molecule has 2 fully saturated rings. The Morgan fingerprint density at radius 1 is 1.02 bits per heavy atom. The van der Waals surface area contributed by atoms with Crippen LogP contribution in [0.4, 0.5) is 17.2 Å². The second kappa shape index (κ2) is 12.1. The third-order valence-electron chi connectivity index (χ3n) is 8.59. The van der Waals surface area contributed by atoms with E-state index in [-0.39, 0.29) is 5.91 Å². The summed E-state index contributed by atoms with van der Waals surface area (Å²) in [5.74, 6) is 0.731. The number of nitrogens with one attached hydrogen (secondary N) is 1. The van der Waals surface area contributed by atoms with E-state index < -0.39 is 0 Å². The Morgan fingerprint density at radius 3 is 2.52 bits per heavy atom. The normalized spacial score (nSPS) is 17.2. The van der Waals surface area contributed by atoms with Crippen LogP contribution in [0.3, 0.4) is 0 Å². The Balaban J connectivity index is 1.25. The van der Waals surface area contributed by atoms with Gasteiger partial charge in [0, 0.05) is 40.7 Å². The summed E-state index contributed by atoms with van der Waals surface area (Å²) in [6.45, 7) is 2.50. The van der Waals surface area contributed by atoms with Crippen LogP contribution in [-0.2, 0) is 9.59 Å². The molecule has 0 spiro atoms. The van der Waals surface area contributed by atoms with Crippen molar-refractivity contribution in [1.82, 2.24) is 19.6 Å². The zero-order valence-electron chi connectivity index (χ0n) is 24.0. The van der Waals surface area contributed by atoms with Gasteiger partial charge >= 0.3 is 0 Å². The molecule has 2 aromatic carbocycles. The average Bonchev–Trinajstić information content (AvgIpc) is 3.44. The predicted molar refractivity (Wildman–Crippen MR) is 166 cm³/mol. The van der Waals surface area contributed by atoms with Crippen molar-refractivity contribution in [2.75, 3.05) is 22.6 Å². The fraction of sp³-hybridized carbons (Fsp3) is 0.333. The molecule has 216 valence electrons. The van der Waals surface area contributed by atoms with E-state index in [0.717, 1.165) is 66.5 Å². The standard InChI is InChI=1S/C33H37N7O2/c1-23(29-14-8-9-19-38(29)39(22-41)27-12-6-3-7-13-27)33(42)37-26-17-15-24(16-18-26)28-20-30(25-10-4-2-5-11-25)40-31(28)32(34)35-21-36-40/h3,6-7,12-13,15-18,20-22,25H,2,4-5,8-11,14,19H2,1H3,(H,37,42)(H2,34,35,36)/b29-23+. The first-order valence-electron chi connectivity index (χ1n) is 14.9. The molecule has 42 heavy (non-hydrogen) atoms. The highest BCUT2D eigenvalue weighted by Crippen LogP contribution is 2.39.